The lowest BCUT2D eigenvalue weighted by atomic mass is 10.1. The largest absolute Gasteiger partial charge is 0.441 e. The van der Waals surface area contributed by atoms with Crippen LogP contribution in [0, 0.1) is 6.92 Å². The van der Waals surface area contributed by atoms with Crippen LogP contribution in [0.2, 0.25) is 5.02 Å². The molecule has 6 nitrogen and oxygen atoms in total. The van der Waals surface area contributed by atoms with Crippen molar-refractivity contribution in [1.29, 1.82) is 0 Å². The number of aryl methyl sites for hydroxylation is 2. The maximum atomic E-state index is 12.5. The van der Waals surface area contributed by atoms with E-state index in [1.165, 1.54) is 5.56 Å². The normalized spacial score (nSPS) is 11.4. The number of nitrogens with zero attached hydrogens (tertiary/aromatic N) is 1. The summed E-state index contributed by atoms with van der Waals surface area (Å²) in [6.07, 6.45) is 1.55. The minimum absolute atomic E-state index is 0.258. The van der Waals surface area contributed by atoms with Crippen molar-refractivity contribution in [3.05, 3.63) is 76.6 Å². The Morgan fingerprint density at radius 2 is 1.80 bits per heavy atom. The zero-order valence-electron chi connectivity index (χ0n) is 16.6. The molecule has 1 heterocycles. The fourth-order valence-corrected chi connectivity index (χ4v) is 4.49. The van der Waals surface area contributed by atoms with Crippen molar-refractivity contribution in [2.45, 2.75) is 25.5 Å². The summed E-state index contributed by atoms with van der Waals surface area (Å²) in [6, 6.07) is 16.9. The molecule has 0 spiro atoms. The number of oxazole rings is 1. The van der Waals surface area contributed by atoms with Crippen LogP contribution in [0.25, 0.3) is 11.5 Å². The number of halogens is 1. The molecule has 1 N–H and O–H groups in total. The summed E-state index contributed by atoms with van der Waals surface area (Å²) in [5.74, 6) is -0.836. The third-order valence-corrected chi connectivity index (χ3v) is 6.26. The van der Waals surface area contributed by atoms with E-state index in [0.717, 1.165) is 12.8 Å². The second-order valence-corrected chi connectivity index (χ2v) is 9.44. The monoisotopic (exact) mass is 446 g/mol. The maximum Gasteiger partial charge on any atom is 0.235 e. The molecule has 0 atom stereocenters. The smallest absolute Gasteiger partial charge is 0.235 e. The van der Waals surface area contributed by atoms with E-state index in [9.17, 15) is 13.2 Å². The van der Waals surface area contributed by atoms with Crippen LogP contribution in [0.15, 0.2) is 59.0 Å². The molecule has 0 aliphatic carbocycles. The van der Waals surface area contributed by atoms with Crippen LogP contribution in [0.4, 0.5) is 0 Å². The number of hydrogen-bond donors (Lipinski definition) is 1. The summed E-state index contributed by atoms with van der Waals surface area (Å²) < 4.78 is 30.5. The van der Waals surface area contributed by atoms with Crippen LogP contribution in [0.5, 0.6) is 0 Å². The molecular weight excluding hydrogens is 424 g/mol. The molecule has 0 radical (unpaired) electrons. The first-order valence-electron chi connectivity index (χ1n) is 9.56. The highest BCUT2D eigenvalue weighted by atomic mass is 35.5. The second kappa shape index (κ2) is 9.91. The number of sulfone groups is 1. The van der Waals surface area contributed by atoms with E-state index in [-0.39, 0.29) is 17.3 Å². The number of rotatable bonds is 9. The maximum absolute atomic E-state index is 12.5. The zero-order valence-corrected chi connectivity index (χ0v) is 18.2. The molecule has 3 aromatic rings. The zero-order chi connectivity index (χ0) is 21.6. The molecule has 0 aliphatic heterocycles. The lowest BCUT2D eigenvalue weighted by Crippen LogP contribution is -2.31. The van der Waals surface area contributed by atoms with Crippen molar-refractivity contribution in [3.63, 3.8) is 0 Å². The van der Waals surface area contributed by atoms with Gasteiger partial charge in [-0.05, 0) is 37.5 Å². The first kappa shape index (κ1) is 22.1. The topological polar surface area (TPSA) is 89.3 Å². The Kier molecular flexibility index (Phi) is 7.29. The van der Waals surface area contributed by atoms with Gasteiger partial charge in [0.2, 0.25) is 11.8 Å². The molecule has 0 fully saturated rings. The van der Waals surface area contributed by atoms with Crippen molar-refractivity contribution >= 4 is 27.3 Å². The van der Waals surface area contributed by atoms with E-state index in [1.54, 1.807) is 31.2 Å². The van der Waals surface area contributed by atoms with Gasteiger partial charge in [-0.2, -0.15) is 0 Å². The Hall–Kier alpha value is -2.64. The summed E-state index contributed by atoms with van der Waals surface area (Å²) in [7, 11) is -3.69. The number of carbonyl (C=O) groups is 1. The average Bonchev–Trinajstić information content (AvgIpc) is 3.05. The van der Waals surface area contributed by atoms with Gasteiger partial charge < -0.3 is 9.73 Å². The van der Waals surface area contributed by atoms with Crippen LogP contribution < -0.4 is 5.32 Å². The molecule has 1 amide bonds. The van der Waals surface area contributed by atoms with E-state index in [1.807, 2.05) is 30.3 Å². The molecule has 158 valence electrons. The molecule has 3 rings (SSSR count). The third kappa shape index (κ3) is 6.18. The molecule has 0 saturated carbocycles. The van der Waals surface area contributed by atoms with Crippen molar-refractivity contribution in [2.24, 2.45) is 0 Å². The first-order valence-corrected chi connectivity index (χ1v) is 11.8. The predicted octanol–water partition coefficient (Wildman–Crippen LogP) is 3.97. The number of carbonyl (C=O) groups excluding carboxylic acids is 1. The highest BCUT2D eigenvalue weighted by Gasteiger charge is 2.22. The minimum Gasteiger partial charge on any atom is -0.441 e. The quantitative estimate of drug-likeness (QED) is 0.502. The Morgan fingerprint density at radius 3 is 2.53 bits per heavy atom. The Labute approximate surface area is 181 Å². The van der Waals surface area contributed by atoms with Gasteiger partial charge in [-0.15, -0.1) is 0 Å². The number of aromatic nitrogens is 1. The first-order chi connectivity index (χ1) is 14.3. The SMILES string of the molecule is Cc1oc(-c2ccccc2Cl)nc1CS(=O)(=O)CC(=O)NCCCc1ccccc1. The summed E-state index contributed by atoms with van der Waals surface area (Å²) in [6.45, 7) is 2.06. The van der Waals surface area contributed by atoms with Crippen molar-refractivity contribution < 1.29 is 17.6 Å². The fraction of sp³-hybridized carbons (Fsp3) is 0.273. The summed E-state index contributed by atoms with van der Waals surface area (Å²) in [4.78, 5) is 16.3. The van der Waals surface area contributed by atoms with E-state index >= 15 is 0 Å². The van der Waals surface area contributed by atoms with E-state index < -0.39 is 21.5 Å². The van der Waals surface area contributed by atoms with Gasteiger partial charge in [0.15, 0.2) is 9.84 Å². The van der Waals surface area contributed by atoms with Gasteiger partial charge in [-0.1, -0.05) is 54.1 Å². The van der Waals surface area contributed by atoms with Gasteiger partial charge in [0.05, 0.1) is 22.0 Å². The highest BCUT2D eigenvalue weighted by Crippen LogP contribution is 2.28. The third-order valence-electron chi connectivity index (χ3n) is 4.51. The van der Waals surface area contributed by atoms with Gasteiger partial charge in [0.1, 0.15) is 11.5 Å². The van der Waals surface area contributed by atoms with E-state index in [4.69, 9.17) is 16.0 Å². The van der Waals surface area contributed by atoms with Gasteiger partial charge in [0, 0.05) is 6.54 Å². The van der Waals surface area contributed by atoms with Crippen LogP contribution in [-0.2, 0) is 26.8 Å². The lowest BCUT2D eigenvalue weighted by molar-refractivity contribution is -0.118. The molecule has 0 unspecified atom stereocenters. The predicted molar refractivity (Wildman–Crippen MR) is 117 cm³/mol. The molecule has 8 heteroatoms. The number of hydrogen-bond acceptors (Lipinski definition) is 5. The lowest BCUT2D eigenvalue weighted by Gasteiger charge is -2.06. The Balaban J connectivity index is 1.53. The van der Waals surface area contributed by atoms with Crippen LogP contribution in [0.3, 0.4) is 0 Å². The standard InChI is InChI=1S/C22H23ClN2O4S/c1-16-20(25-22(29-16)18-11-5-6-12-19(18)23)14-30(27,28)15-21(26)24-13-7-10-17-8-3-2-4-9-17/h2-6,8-9,11-12H,7,10,13-15H2,1H3,(H,24,26). The molecule has 0 saturated heterocycles. The number of nitrogens with one attached hydrogen (secondary N) is 1. The highest BCUT2D eigenvalue weighted by molar-refractivity contribution is 7.91. The molecule has 1 aromatic heterocycles. The van der Waals surface area contributed by atoms with Crippen molar-refractivity contribution in [2.75, 3.05) is 12.3 Å². The average molecular weight is 447 g/mol. The van der Waals surface area contributed by atoms with Crippen LogP contribution in [0.1, 0.15) is 23.4 Å². The van der Waals surface area contributed by atoms with Gasteiger partial charge in [-0.25, -0.2) is 13.4 Å². The van der Waals surface area contributed by atoms with Gasteiger partial charge in [0.25, 0.3) is 0 Å². The van der Waals surface area contributed by atoms with E-state index in [2.05, 4.69) is 10.3 Å². The van der Waals surface area contributed by atoms with Crippen molar-refractivity contribution in [3.8, 4) is 11.5 Å². The summed E-state index contributed by atoms with van der Waals surface area (Å²) in [5.41, 5.74) is 2.04. The fourth-order valence-electron chi connectivity index (χ4n) is 2.99. The summed E-state index contributed by atoms with van der Waals surface area (Å²) in [5, 5.41) is 3.13. The molecule has 2 aromatic carbocycles. The summed E-state index contributed by atoms with van der Waals surface area (Å²) >= 11 is 6.15. The van der Waals surface area contributed by atoms with Crippen molar-refractivity contribution in [1.82, 2.24) is 10.3 Å². The minimum atomic E-state index is -3.69. The molecule has 0 aliphatic rings. The molecule has 30 heavy (non-hydrogen) atoms. The Bertz CT molecular complexity index is 1110. The Morgan fingerprint density at radius 1 is 1.10 bits per heavy atom. The van der Waals surface area contributed by atoms with E-state index in [0.29, 0.717) is 22.9 Å². The molecular formula is C22H23ClN2O4S. The number of benzene rings is 2. The number of amides is 1. The second-order valence-electron chi connectivity index (χ2n) is 6.97. The van der Waals surface area contributed by atoms with Crippen LogP contribution >= 0.6 is 11.6 Å². The molecule has 0 bridgehead atoms. The van der Waals surface area contributed by atoms with Gasteiger partial charge in [-0.3, -0.25) is 4.79 Å². The van der Waals surface area contributed by atoms with Gasteiger partial charge >= 0.3 is 0 Å². The van der Waals surface area contributed by atoms with Crippen LogP contribution in [-0.4, -0.2) is 31.6 Å².